The fourth-order valence-corrected chi connectivity index (χ4v) is 5.40. The summed E-state index contributed by atoms with van der Waals surface area (Å²) in [7, 11) is 0. The summed E-state index contributed by atoms with van der Waals surface area (Å²) in [4.78, 5) is 47.6. The predicted octanol–water partition coefficient (Wildman–Crippen LogP) is 11.1. The van der Waals surface area contributed by atoms with Crippen LogP contribution in [0.4, 0.5) is 58.7 Å². The van der Waals surface area contributed by atoms with E-state index in [-0.39, 0.29) is 24.3 Å². The first-order valence-corrected chi connectivity index (χ1v) is 15.5. The van der Waals surface area contributed by atoms with Crippen LogP contribution in [0.25, 0.3) is 22.3 Å². The van der Waals surface area contributed by atoms with Crippen molar-refractivity contribution >= 4 is 58.1 Å². The quantitative estimate of drug-likeness (QED) is 0.0900. The number of halogens is 8. The zero-order valence-corrected chi connectivity index (χ0v) is 28.3. The molecule has 0 spiro atoms. The summed E-state index contributed by atoms with van der Waals surface area (Å²) < 4.78 is 97.2. The van der Waals surface area contributed by atoms with E-state index in [1.54, 1.807) is 0 Å². The maximum Gasteiger partial charge on any atom is 0.416 e. The van der Waals surface area contributed by atoms with Gasteiger partial charge in [-0.05, 0) is 50.2 Å². The van der Waals surface area contributed by atoms with Gasteiger partial charge in [0.05, 0.1) is 45.3 Å². The highest BCUT2D eigenvalue weighted by atomic mass is 35.5. The molecule has 0 radical (unpaired) electrons. The number of alkyl halides is 6. The van der Waals surface area contributed by atoms with E-state index in [1.807, 2.05) is 0 Å². The second-order valence-corrected chi connectivity index (χ2v) is 11.2. The first kappa shape index (κ1) is 40.0. The van der Waals surface area contributed by atoms with Crippen molar-refractivity contribution in [3.05, 3.63) is 102 Å². The van der Waals surface area contributed by atoms with Gasteiger partial charge < -0.3 is 14.2 Å². The number of ether oxygens (including phenoxy) is 3. The molecule has 0 aliphatic heterocycles. The molecule has 280 valence electrons. The molecular formula is C32H22Cl2F6N4O9. The number of amides is 2. The van der Waals surface area contributed by atoms with Crippen LogP contribution in [-0.4, -0.2) is 35.2 Å². The number of rotatable bonds is 10. The van der Waals surface area contributed by atoms with Crippen molar-refractivity contribution in [2.45, 2.75) is 26.2 Å². The first-order chi connectivity index (χ1) is 24.8. The van der Waals surface area contributed by atoms with E-state index in [0.717, 1.165) is 36.4 Å². The highest BCUT2D eigenvalue weighted by Crippen LogP contribution is 2.51. The summed E-state index contributed by atoms with van der Waals surface area (Å²) in [6.07, 6.45) is -12.3. The summed E-state index contributed by atoms with van der Waals surface area (Å²) >= 11 is 12.6. The Morgan fingerprint density at radius 3 is 1.30 bits per heavy atom. The maximum absolute atomic E-state index is 13.6. The highest BCUT2D eigenvalue weighted by molar-refractivity contribution is 6.34. The van der Waals surface area contributed by atoms with E-state index in [2.05, 4.69) is 10.6 Å². The molecule has 53 heavy (non-hydrogen) atoms. The van der Waals surface area contributed by atoms with E-state index >= 15 is 0 Å². The molecule has 4 rings (SSSR count). The fourth-order valence-electron chi connectivity index (χ4n) is 4.85. The zero-order chi connectivity index (χ0) is 39.4. The second kappa shape index (κ2) is 15.8. The molecule has 0 unspecified atom stereocenters. The Labute approximate surface area is 303 Å². The van der Waals surface area contributed by atoms with Crippen LogP contribution in [0.1, 0.15) is 25.0 Å². The minimum absolute atomic E-state index is 0.220. The van der Waals surface area contributed by atoms with E-state index in [1.165, 1.54) is 13.8 Å². The molecule has 0 saturated carbocycles. The lowest BCUT2D eigenvalue weighted by atomic mass is 9.98. The van der Waals surface area contributed by atoms with Crippen LogP contribution in [0.3, 0.4) is 0 Å². The van der Waals surface area contributed by atoms with Crippen LogP contribution in [0.15, 0.2) is 60.7 Å². The number of anilines is 2. The van der Waals surface area contributed by atoms with Crippen molar-refractivity contribution in [3.63, 3.8) is 0 Å². The van der Waals surface area contributed by atoms with Crippen molar-refractivity contribution in [2.75, 3.05) is 23.8 Å². The summed E-state index contributed by atoms with van der Waals surface area (Å²) in [5.41, 5.74) is -7.21. The summed E-state index contributed by atoms with van der Waals surface area (Å²) in [5, 5.41) is 27.3. The standard InChI is InChI=1S/C32H22Cl2F6N4O9/c1-3-51-29(45)41-27-21(43(47)48)9-11-23(25(27)17-7-5-15(13-19(17)33)31(35,36)37)53-24-12-10-22(44(49)50)28(42-30(46)52-4-2)26(24)18-8-6-16(14-20(18)34)32(38,39)40/h5-14H,3-4H2,1-2H3,(H,41,45)(H,42,46). The van der Waals surface area contributed by atoms with Gasteiger partial charge in [0.25, 0.3) is 11.4 Å². The van der Waals surface area contributed by atoms with Crippen LogP contribution < -0.4 is 15.4 Å². The number of nitro benzene ring substituents is 2. The summed E-state index contributed by atoms with van der Waals surface area (Å²) in [6, 6.07) is 7.33. The van der Waals surface area contributed by atoms with Gasteiger partial charge in [-0.3, -0.25) is 30.9 Å². The van der Waals surface area contributed by atoms with E-state index in [0.29, 0.717) is 24.3 Å². The second-order valence-electron chi connectivity index (χ2n) is 10.4. The molecule has 0 aliphatic carbocycles. The molecule has 2 N–H and O–H groups in total. The number of hydrogen-bond donors (Lipinski definition) is 2. The number of carbonyl (C=O) groups excluding carboxylic acids is 2. The van der Waals surface area contributed by atoms with Gasteiger partial charge in [0.2, 0.25) is 0 Å². The van der Waals surface area contributed by atoms with E-state index in [4.69, 9.17) is 37.4 Å². The Kier molecular flexibility index (Phi) is 11.9. The zero-order valence-electron chi connectivity index (χ0n) is 26.8. The van der Waals surface area contributed by atoms with Crippen LogP contribution >= 0.6 is 23.2 Å². The highest BCUT2D eigenvalue weighted by Gasteiger charge is 2.35. The molecular weight excluding hydrogens is 769 g/mol. The predicted molar refractivity (Wildman–Crippen MR) is 178 cm³/mol. The maximum atomic E-state index is 13.6. The van der Waals surface area contributed by atoms with Crippen molar-refractivity contribution in [1.29, 1.82) is 0 Å². The topological polar surface area (TPSA) is 172 Å². The third-order valence-corrected chi connectivity index (χ3v) is 7.67. The van der Waals surface area contributed by atoms with Gasteiger partial charge in [-0.15, -0.1) is 0 Å². The average Bonchev–Trinajstić information content (AvgIpc) is 3.04. The van der Waals surface area contributed by atoms with E-state index < -0.39 is 101 Å². The van der Waals surface area contributed by atoms with Gasteiger partial charge >= 0.3 is 24.5 Å². The largest absolute Gasteiger partial charge is 0.456 e. The molecule has 13 nitrogen and oxygen atoms in total. The molecule has 2 amide bonds. The monoisotopic (exact) mass is 790 g/mol. The van der Waals surface area contributed by atoms with Crippen LogP contribution in [0, 0.1) is 20.2 Å². The number of benzene rings is 4. The Morgan fingerprint density at radius 2 is 1.02 bits per heavy atom. The molecule has 0 heterocycles. The molecule has 0 bridgehead atoms. The minimum Gasteiger partial charge on any atom is -0.456 e. The van der Waals surface area contributed by atoms with Crippen molar-refractivity contribution in [2.24, 2.45) is 0 Å². The molecule has 21 heteroatoms. The van der Waals surface area contributed by atoms with Gasteiger partial charge in [0, 0.05) is 33.3 Å². The third-order valence-electron chi connectivity index (χ3n) is 7.04. The van der Waals surface area contributed by atoms with Gasteiger partial charge in [-0.25, -0.2) is 9.59 Å². The number of nitrogens with one attached hydrogen (secondary N) is 2. The Bertz CT molecular complexity index is 1970. The van der Waals surface area contributed by atoms with Crippen LogP contribution in [-0.2, 0) is 21.8 Å². The Hall–Kier alpha value is -5.82. The molecule has 4 aromatic carbocycles. The van der Waals surface area contributed by atoms with Gasteiger partial charge in [-0.1, -0.05) is 35.3 Å². The summed E-state index contributed by atoms with van der Waals surface area (Å²) in [5.74, 6) is -1.02. The van der Waals surface area contributed by atoms with Crippen molar-refractivity contribution < 1.29 is 60.0 Å². The van der Waals surface area contributed by atoms with E-state index in [9.17, 15) is 56.2 Å². The lowest BCUT2D eigenvalue weighted by Gasteiger charge is -2.21. The molecule has 0 aromatic heterocycles. The number of nitro groups is 2. The fraction of sp³-hybridized carbons (Fsp3) is 0.188. The lowest BCUT2D eigenvalue weighted by Crippen LogP contribution is -2.16. The molecule has 0 atom stereocenters. The number of carbonyl (C=O) groups is 2. The number of hydrogen-bond acceptors (Lipinski definition) is 9. The number of nitrogens with zero attached hydrogens (tertiary/aromatic N) is 2. The molecule has 4 aromatic rings. The molecule has 0 aliphatic rings. The Morgan fingerprint density at radius 1 is 0.660 bits per heavy atom. The van der Waals surface area contributed by atoms with Crippen molar-refractivity contribution in [1.82, 2.24) is 0 Å². The normalized spacial score (nSPS) is 11.4. The smallest absolute Gasteiger partial charge is 0.416 e. The SMILES string of the molecule is CCOC(=O)Nc1c([N+](=O)[O-])ccc(Oc2ccc([N+](=O)[O-])c(NC(=O)OCC)c2-c2ccc(C(F)(F)F)cc2Cl)c1-c1ccc(C(F)(F)F)cc1Cl. The lowest BCUT2D eigenvalue weighted by molar-refractivity contribution is -0.384. The Balaban J connectivity index is 2.12. The molecule has 0 fully saturated rings. The van der Waals surface area contributed by atoms with Crippen molar-refractivity contribution in [3.8, 4) is 33.8 Å². The van der Waals surface area contributed by atoms with Gasteiger partial charge in [0.15, 0.2) is 0 Å². The third kappa shape index (κ3) is 8.98. The molecule has 0 saturated heterocycles. The average molecular weight is 791 g/mol. The minimum atomic E-state index is -4.88. The van der Waals surface area contributed by atoms with Gasteiger partial charge in [-0.2, -0.15) is 26.3 Å². The summed E-state index contributed by atoms with van der Waals surface area (Å²) in [6.45, 7) is 2.38. The van der Waals surface area contributed by atoms with Crippen LogP contribution in [0.2, 0.25) is 10.0 Å². The van der Waals surface area contributed by atoms with Gasteiger partial charge in [0.1, 0.15) is 22.9 Å². The van der Waals surface area contributed by atoms with Crippen LogP contribution in [0.5, 0.6) is 11.5 Å². The first-order valence-electron chi connectivity index (χ1n) is 14.7.